The molecule has 2 aromatic heterocycles. The number of piperidine rings is 1. The third-order valence-corrected chi connectivity index (χ3v) is 11.4. The molecule has 0 unspecified atom stereocenters. The number of carboxylic acids is 2. The number of nitrogens with one attached hydrogen (secondary N) is 2. The largest absolute Gasteiger partial charge is 0.506 e. The molecule has 4 aromatic rings. The van der Waals surface area contributed by atoms with Gasteiger partial charge in [0, 0.05) is 48.5 Å². The molecule has 2 aliphatic rings. The van der Waals surface area contributed by atoms with Gasteiger partial charge in [0.15, 0.2) is 0 Å². The monoisotopic (exact) mass is 882 g/mol. The highest BCUT2D eigenvalue weighted by atomic mass is 32.1. The van der Waals surface area contributed by atoms with E-state index in [1.165, 1.54) is 17.0 Å². The summed E-state index contributed by atoms with van der Waals surface area (Å²) in [5.41, 5.74) is 3.00. The third-order valence-electron chi connectivity index (χ3n) is 9.41. The van der Waals surface area contributed by atoms with Crippen LogP contribution in [0.25, 0.3) is 10.2 Å². The Hall–Kier alpha value is -4.61. The number of ether oxygens (including phenoxy) is 1. The number of thiophene rings is 1. The second-order valence-corrected chi connectivity index (χ2v) is 15.6. The molecule has 0 bridgehead atoms. The number of morpholine rings is 1. The fraction of sp³-hybridized carbons (Fsp3) is 0.459. The van der Waals surface area contributed by atoms with Crippen LogP contribution in [0.1, 0.15) is 57.8 Å². The van der Waals surface area contributed by atoms with Crippen LogP contribution in [0.2, 0.25) is 0 Å². The zero-order valence-electron chi connectivity index (χ0n) is 31.3. The van der Waals surface area contributed by atoms with Crippen molar-refractivity contribution in [3.8, 4) is 5.75 Å². The number of hydrogen-bond acceptors (Lipinski definition) is 11. The minimum absolute atomic E-state index is 0.0349. The van der Waals surface area contributed by atoms with Crippen LogP contribution >= 0.6 is 22.7 Å². The molecular formula is C37H41F7N4O9S2. The first-order chi connectivity index (χ1) is 27.6. The first-order valence-electron chi connectivity index (χ1n) is 18.0. The zero-order valence-corrected chi connectivity index (χ0v) is 32.9. The number of phenols is 1. The Morgan fingerprint density at radius 1 is 1.00 bits per heavy atom. The molecule has 2 aliphatic heterocycles. The Morgan fingerprint density at radius 2 is 1.64 bits per heavy atom. The maximum atomic E-state index is 14.7. The number of aliphatic hydroxyl groups is 1. The number of amides is 1. The number of aryl methyl sites for hydroxylation is 1. The molecule has 2 saturated heterocycles. The summed E-state index contributed by atoms with van der Waals surface area (Å²) < 4.78 is 85.0. The molecule has 6 N–H and O–H groups in total. The van der Waals surface area contributed by atoms with Gasteiger partial charge in [-0.15, -0.1) is 11.3 Å². The molecule has 0 aliphatic carbocycles. The number of alkyl halides is 6. The Balaban J connectivity index is 0.000000471. The van der Waals surface area contributed by atoms with Crippen molar-refractivity contribution in [3.05, 3.63) is 84.4 Å². The highest BCUT2D eigenvalue weighted by Gasteiger charge is 2.41. The molecule has 6 rings (SSSR count). The predicted octanol–water partition coefficient (Wildman–Crippen LogP) is 5.70. The lowest BCUT2D eigenvalue weighted by molar-refractivity contribution is -0.193. The van der Waals surface area contributed by atoms with Crippen LogP contribution in [0, 0.1) is 5.82 Å². The van der Waals surface area contributed by atoms with E-state index in [-0.39, 0.29) is 34.5 Å². The number of benzene rings is 2. The SMILES string of the molecule is CCc1cc(C(=O)N2CCOC3(CCN(Cc4ccc(F)c(CCNC[C@H](O)c5ccc(O)c6[nH]c(=O)sc56)c4)CC3)C2)cs1.O=C(O)C(F)(F)F.O=C(O)C(F)(F)F. The lowest BCUT2D eigenvalue weighted by Crippen LogP contribution is -2.57. The number of phenolic OH excluding ortho intramolecular Hbond substituents is 1. The number of likely N-dealkylation sites (tertiary alicyclic amines) is 1. The van der Waals surface area contributed by atoms with Gasteiger partial charge in [-0.05, 0) is 61.6 Å². The fourth-order valence-corrected chi connectivity index (χ4v) is 8.08. The second-order valence-electron chi connectivity index (χ2n) is 13.6. The zero-order chi connectivity index (χ0) is 43.7. The van der Waals surface area contributed by atoms with Crippen molar-refractivity contribution < 1.29 is 70.3 Å². The Kier molecular flexibility index (Phi) is 16.0. The molecule has 4 heterocycles. The number of carbonyl (C=O) groups excluding carboxylic acids is 1. The summed E-state index contributed by atoms with van der Waals surface area (Å²) in [5.74, 6) is -5.71. The van der Waals surface area contributed by atoms with E-state index in [0.29, 0.717) is 60.6 Å². The summed E-state index contributed by atoms with van der Waals surface area (Å²) in [5, 5.41) is 40.1. The number of fused-ring (bicyclic) bond motifs is 1. The number of aliphatic hydroxyl groups excluding tert-OH is 1. The molecule has 1 atom stereocenters. The van der Waals surface area contributed by atoms with Crippen LogP contribution in [0.3, 0.4) is 0 Å². The van der Waals surface area contributed by atoms with Gasteiger partial charge in [0.25, 0.3) is 5.91 Å². The lowest BCUT2D eigenvalue weighted by atomic mass is 9.89. The van der Waals surface area contributed by atoms with Crippen LogP contribution in [0.4, 0.5) is 30.7 Å². The summed E-state index contributed by atoms with van der Waals surface area (Å²) in [7, 11) is 0. The van der Waals surface area contributed by atoms with E-state index in [4.69, 9.17) is 24.5 Å². The molecule has 13 nitrogen and oxygen atoms in total. The minimum Gasteiger partial charge on any atom is -0.506 e. The number of thiazole rings is 1. The number of aromatic amines is 1. The number of carbonyl (C=O) groups is 3. The van der Waals surface area contributed by atoms with E-state index in [2.05, 4.69) is 22.1 Å². The van der Waals surface area contributed by atoms with Crippen molar-refractivity contribution in [3.63, 3.8) is 0 Å². The van der Waals surface area contributed by atoms with Gasteiger partial charge in [0.05, 0.1) is 35.1 Å². The van der Waals surface area contributed by atoms with Crippen molar-refractivity contribution in [2.75, 3.05) is 45.9 Å². The van der Waals surface area contributed by atoms with E-state index < -0.39 is 30.4 Å². The molecule has 0 radical (unpaired) electrons. The molecule has 1 spiro atoms. The molecule has 0 saturated carbocycles. The number of carboxylic acid groups (broad SMARTS) is 2. The number of aromatic nitrogens is 1. The maximum absolute atomic E-state index is 14.7. The number of aromatic hydroxyl groups is 1. The number of rotatable bonds is 10. The third kappa shape index (κ3) is 13.2. The van der Waals surface area contributed by atoms with Crippen molar-refractivity contribution in [2.45, 2.75) is 63.2 Å². The van der Waals surface area contributed by atoms with Crippen LogP contribution in [-0.2, 0) is 33.7 Å². The Bertz CT molecular complexity index is 2110. The lowest BCUT2D eigenvalue weighted by Gasteiger charge is -2.47. The van der Waals surface area contributed by atoms with E-state index in [1.807, 2.05) is 28.5 Å². The summed E-state index contributed by atoms with van der Waals surface area (Å²) in [6.07, 6.45) is -7.98. The first-order valence-corrected chi connectivity index (χ1v) is 19.7. The summed E-state index contributed by atoms with van der Waals surface area (Å²) in [6.45, 7) is 6.96. The summed E-state index contributed by atoms with van der Waals surface area (Å²) in [4.78, 5) is 50.6. The predicted molar refractivity (Wildman–Crippen MR) is 202 cm³/mol. The van der Waals surface area contributed by atoms with Crippen molar-refractivity contribution in [1.29, 1.82) is 0 Å². The summed E-state index contributed by atoms with van der Waals surface area (Å²) >= 11 is 2.59. The van der Waals surface area contributed by atoms with Gasteiger partial charge < -0.3 is 40.4 Å². The van der Waals surface area contributed by atoms with E-state index in [0.717, 1.165) is 54.8 Å². The Labute approximate surface area is 339 Å². The number of halogens is 7. The quantitative estimate of drug-likeness (QED) is 0.0847. The smallest absolute Gasteiger partial charge is 0.490 e. The topological polar surface area (TPSA) is 193 Å². The average Bonchev–Trinajstić information content (AvgIpc) is 3.82. The van der Waals surface area contributed by atoms with Gasteiger partial charge in [-0.25, -0.2) is 14.0 Å². The van der Waals surface area contributed by atoms with Gasteiger partial charge in [-0.1, -0.05) is 36.5 Å². The first kappa shape index (κ1) is 47.1. The molecular weight excluding hydrogens is 842 g/mol. The van der Waals surface area contributed by atoms with E-state index >= 15 is 0 Å². The van der Waals surface area contributed by atoms with Gasteiger partial charge in [-0.2, -0.15) is 26.3 Å². The maximum Gasteiger partial charge on any atom is 0.490 e. The molecule has 2 fully saturated rings. The van der Waals surface area contributed by atoms with Crippen molar-refractivity contribution in [2.24, 2.45) is 0 Å². The summed E-state index contributed by atoms with van der Waals surface area (Å²) in [6, 6.07) is 10.4. The molecule has 324 valence electrons. The van der Waals surface area contributed by atoms with Crippen molar-refractivity contribution in [1.82, 2.24) is 20.1 Å². The van der Waals surface area contributed by atoms with Crippen molar-refractivity contribution >= 4 is 50.7 Å². The highest BCUT2D eigenvalue weighted by molar-refractivity contribution is 7.16. The Morgan fingerprint density at radius 3 is 2.24 bits per heavy atom. The van der Waals surface area contributed by atoms with Crippen LogP contribution < -0.4 is 10.2 Å². The van der Waals surface area contributed by atoms with Gasteiger partial charge in [0.2, 0.25) is 0 Å². The minimum atomic E-state index is -5.08. The van der Waals surface area contributed by atoms with Crippen LogP contribution in [0.15, 0.2) is 46.6 Å². The number of hydrogen-bond donors (Lipinski definition) is 6. The normalized spacial score (nSPS) is 16.2. The van der Waals surface area contributed by atoms with Gasteiger partial charge in [0.1, 0.15) is 17.1 Å². The fourth-order valence-electron chi connectivity index (χ4n) is 6.35. The highest BCUT2D eigenvalue weighted by Crippen LogP contribution is 2.33. The average molecular weight is 883 g/mol. The molecule has 1 amide bonds. The number of nitrogens with zero attached hydrogens (tertiary/aromatic N) is 2. The van der Waals surface area contributed by atoms with E-state index in [9.17, 15) is 50.5 Å². The van der Waals surface area contributed by atoms with Gasteiger partial charge >= 0.3 is 29.2 Å². The molecule has 2 aromatic carbocycles. The number of aliphatic carboxylic acids is 2. The second kappa shape index (κ2) is 20.1. The number of H-pyrrole nitrogens is 1. The van der Waals surface area contributed by atoms with E-state index in [1.54, 1.807) is 17.4 Å². The van der Waals surface area contributed by atoms with Crippen LogP contribution in [-0.4, -0.2) is 117 Å². The standard InChI is InChI=1S/C33H39FN4O5S2.2C2HF3O2/c1-2-24-16-23(19-44-24)31(41)38-13-14-43-33(20-38)8-11-37(12-9-33)18-21-3-5-26(34)22(15-21)7-10-35-17-28(40)25-4-6-27(39)29-30(25)45-32(42)36-29;2*3-2(4,5)1(6)7/h3-6,15-16,19,28,35,39-40H,2,7-14,17-18,20H2,1H3,(H,36,42);2*(H,6,7)/t28-;;/m0../s1. The van der Waals surface area contributed by atoms with Crippen LogP contribution in [0.5, 0.6) is 5.75 Å². The van der Waals surface area contributed by atoms with Gasteiger partial charge in [-0.3, -0.25) is 14.5 Å². The molecule has 22 heteroatoms. The molecule has 59 heavy (non-hydrogen) atoms.